The highest BCUT2D eigenvalue weighted by atomic mass is 35.5. The maximum absolute atomic E-state index is 13.2. The summed E-state index contributed by atoms with van der Waals surface area (Å²) in [7, 11) is 1.38. The highest BCUT2D eigenvalue weighted by molar-refractivity contribution is 6.31. The largest absolute Gasteiger partial charge is 0.422 e. The standard InChI is InChI=1S/C20H27ClN2O5/c1-12(2)16(22)17(25)27-18(28-19(26)23-3)20(11-7-6-10-15(20)24)13-8-4-5-9-14(13)21/h4-5,8-9,12,16,18H,6-7,10-11,22H2,1-3H3,(H,23,26)/t16-,18?,20+/m0/s1. The minimum absolute atomic E-state index is 0.188. The van der Waals surface area contributed by atoms with Gasteiger partial charge in [0.1, 0.15) is 11.5 Å². The van der Waals surface area contributed by atoms with E-state index in [9.17, 15) is 14.4 Å². The minimum atomic E-state index is -1.47. The third-order valence-electron chi connectivity index (χ3n) is 5.11. The van der Waals surface area contributed by atoms with Crippen molar-refractivity contribution in [1.82, 2.24) is 5.32 Å². The molecule has 0 spiro atoms. The summed E-state index contributed by atoms with van der Waals surface area (Å²) in [6, 6.07) is 5.91. The molecular formula is C20H27ClN2O5. The lowest BCUT2D eigenvalue weighted by atomic mass is 9.67. The van der Waals surface area contributed by atoms with Crippen LogP contribution in [0.25, 0.3) is 0 Å². The fourth-order valence-corrected chi connectivity index (χ4v) is 3.68. The van der Waals surface area contributed by atoms with E-state index in [1.165, 1.54) is 7.05 Å². The van der Waals surface area contributed by atoms with Crippen LogP contribution in [0.1, 0.15) is 45.1 Å². The predicted molar refractivity (Wildman–Crippen MR) is 105 cm³/mol. The van der Waals surface area contributed by atoms with Gasteiger partial charge >= 0.3 is 12.1 Å². The van der Waals surface area contributed by atoms with Crippen LogP contribution in [0.4, 0.5) is 4.79 Å². The Bertz CT molecular complexity index is 739. The Labute approximate surface area is 169 Å². The first-order valence-corrected chi connectivity index (χ1v) is 9.74. The second-order valence-corrected chi connectivity index (χ2v) is 7.68. The van der Waals surface area contributed by atoms with E-state index in [0.717, 1.165) is 0 Å². The molecule has 154 valence electrons. The summed E-state index contributed by atoms with van der Waals surface area (Å²) in [4.78, 5) is 37.8. The molecule has 3 atom stereocenters. The summed E-state index contributed by atoms with van der Waals surface area (Å²) in [5.74, 6) is -1.12. The van der Waals surface area contributed by atoms with Gasteiger partial charge in [-0.2, -0.15) is 0 Å². The number of hydrogen-bond donors (Lipinski definition) is 2. The van der Waals surface area contributed by atoms with Gasteiger partial charge in [0.25, 0.3) is 6.29 Å². The molecule has 1 fully saturated rings. The Kier molecular flexibility index (Phi) is 7.43. The smallest absolute Gasteiger partial charge is 0.410 e. The number of nitrogens with two attached hydrogens (primary N) is 1. The maximum Gasteiger partial charge on any atom is 0.410 e. The SMILES string of the molecule is CNC(=O)OC(OC(=O)[C@@H](N)C(C)C)[C@@]1(c2ccccc2Cl)CCCCC1=O. The lowest BCUT2D eigenvalue weighted by Crippen LogP contribution is -2.54. The summed E-state index contributed by atoms with van der Waals surface area (Å²) >= 11 is 6.40. The zero-order chi connectivity index (χ0) is 20.9. The molecule has 28 heavy (non-hydrogen) atoms. The van der Waals surface area contributed by atoms with E-state index in [1.807, 2.05) is 0 Å². The van der Waals surface area contributed by atoms with Crippen molar-refractivity contribution in [2.45, 2.75) is 57.3 Å². The molecule has 1 amide bonds. The number of benzene rings is 1. The third kappa shape index (κ3) is 4.47. The average molecular weight is 411 g/mol. The van der Waals surface area contributed by atoms with Gasteiger partial charge in [0.05, 0.1) is 0 Å². The van der Waals surface area contributed by atoms with Gasteiger partial charge in [-0.3, -0.25) is 9.59 Å². The summed E-state index contributed by atoms with van der Waals surface area (Å²) in [6.07, 6.45) is -0.290. The Hall–Kier alpha value is -2.12. The van der Waals surface area contributed by atoms with Crippen molar-refractivity contribution in [1.29, 1.82) is 0 Å². The molecule has 0 heterocycles. The van der Waals surface area contributed by atoms with Crippen molar-refractivity contribution in [3.05, 3.63) is 34.9 Å². The van der Waals surface area contributed by atoms with Crippen LogP contribution in [-0.2, 0) is 24.5 Å². The van der Waals surface area contributed by atoms with Crippen LogP contribution < -0.4 is 11.1 Å². The zero-order valence-electron chi connectivity index (χ0n) is 16.4. The number of alkyl carbamates (subject to hydrolysis) is 1. The lowest BCUT2D eigenvalue weighted by Gasteiger charge is -2.41. The molecule has 1 aromatic rings. The number of hydrogen-bond acceptors (Lipinski definition) is 6. The Morgan fingerprint density at radius 1 is 1.21 bits per heavy atom. The predicted octanol–water partition coefficient (Wildman–Crippen LogP) is 2.93. The topological polar surface area (TPSA) is 108 Å². The normalized spacial score (nSPS) is 21.7. The minimum Gasteiger partial charge on any atom is -0.422 e. The van der Waals surface area contributed by atoms with Crippen LogP contribution in [0.2, 0.25) is 5.02 Å². The first-order chi connectivity index (χ1) is 13.2. The number of amides is 1. The third-order valence-corrected chi connectivity index (χ3v) is 5.44. The van der Waals surface area contributed by atoms with E-state index < -0.39 is 29.8 Å². The highest BCUT2D eigenvalue weighted by Gasteiger charge is 2.53. The summed E-state index contributed by atoms with van der Waals surface area (Å²) in [5, 5.41) is 2.67. The van der Waals surface area contributed by atoms with Crippen molar-refractivity contribution in [2.75, 3.05) is 7.05 Å². The van der Waals surface area contributed by atoms with Crippen molar-refractivity contribution < 1.29 is 23.9 Å². The van der Waals surface area contributed by atoms with Gasteiger partial charge < -0.3 is 20.5 Å². The van der Waals surface area contributed by atoms with Crippen molar-refractivity contribution >= 4 is 29.4 Å². The first-order valence-electron chi connectivity index (χ1n) is 9.36. The fourth-order valence-electron chi connectivity index (χ4n) is 3.37. The number of halogens is 1. The molecule has 1 aliphatic rings. The molecule has 2 rings (SSSR count). The number of nitrogens with one attached hydrogen (secondary N) is 1. The molecule has 0 bridgehead atoms. The van der Waals surface area contributed by atoms with Gasteiger partial charge in [-0.1, -0.05) is 50.1 Å². The van der Waals surface area contributed by atoms with E-state index in [0.29, 0.717) is 29.8 Å². The molecular weight excluding hydrogens is 384 g/mol. The number of carbonyl (C=O) groups excluding carboxylic acids is 3. The first kappa shape index (κ1) is 22.2. The van der Waals surface area contributed by atoms with E-state index in [-0.39, 0.29) is 18.1 Å². The lowest BCUT2D eigenvalue weighted by molar-refractivity contribution is -0.187. The van der Waals surface area contributed by atoms with E-state index in [2.05, 4.69) is 5.32 Å². The van der Waals surface area contributed by atoms with E-state index in [4.69, 9.17) is 26.8 Å². The van der Waals surface area contributed by atoms with E-state index in [1.54, 1.807) is 38.1 Å². The molecule has 0 aliphatic heterocycles. The highest BCUT2D eigenvalue weighted by Crippen LogP contribution is 2.44. The number of Topliss-reactive ketones (excluding diaryl/α,β-unsaturated/α-hetero) is 1. The van der Waals surface area contributed by atoms with Crippen LogP contribution in [0.3, 0.4) is 0 Å². The summed E-state index contributed by atoms with van der Waals surface area (Å²) in [5.41, 5.74) is 5.00. The van der Waals surface area contributed by atoms with Gasteiger partial charge in [0.15, 0.2) is 5.78 Å². The summed E-state index contributed by atoms with van der Waals surface area (Å²) in [6.45, 7) is 3.55. The fraction of sp³-hybridized carbons (Fsp3) is 0.550. The second kappa shape index (κ2) is 9.39. The molecule has 0 aromatic heterocycles. The van der Waals surface area contributed by atoms with Gasteiger partial charge in [-0.25, -0.2) is 4.79 Å². The van der Waals surface area contributed by atoms with Gasteiger partial charge in [-0.05, 0) is 30.4 Å². The Morgan fingerprint density at radius 3 is 2.46 bits per heavy atom. The molecule has 1 saturated carbocycles. The molecule has 7 nitrogen and oxygen atoms in total. The van der Waals surface area contributed by atoms with Crippen molar-refractivity contribution in [3.8, 4) is 0 Å². The molecule has 0 saturated heterocycles. The number of ketones is 1. The summed E-state index contributed by atoms with van der Waals surface area (Å²) < 4.78 is 10.9. The second-order valence-electron chi connectivity index (χ2n) is 7.28. The monoisotopic (exact) mass is 410 g/mol. The van der Waals surface area contributed by atoms with Gasteiger partial charge in [0.2, 0.25) is 0 Å². The number of rotatable bonds is 6. The molecule has 8 heteroatoms. The van der Waals surface area contributed by atoms with Crippen LogP contribution in [0.5, 0.6) is 0 Å². The number of esters is 1. The Balaban J connectivity index is 2.55. The Morgan fingerprint density at radius 2 is 1.89 bits per heavy atom. The van der Waals surface area contributed by atoms with Crippen molar-refractivity contribution in [2.24, 2.45) is 11.7 Å². The molecule has 3 N–H and O–H groups in total. The average Bonchev–Trinajstić information content (AvgIpc) is 2.67. The van der Waals surface area contributed by atoms with Crippen molar-refractivity contribution in [3.63, 3.8) is 0 Å². The van der Waals surface area contributed by atoms with E-state index >= 15 is 0 Å². The molecule has 1 aliphatic carbocycles. The maximum atomic E-state index is 13.2. The molecule has 1 aromatic carbocycles. The quantitative estimate of drug-likeness (QED) is 0.551. The number of carbonyl (C=O) groups is 3. The number of ether oxygens (including phenoxy) is 2. The van der Waals surface area contributed by atoms with Crippen LogP contribution in [0, 0.1) is 5.92 Å². The van der Waals surface area contributed by atoms with Crippen LogP contribution >= 0.6 is 11.6 Å². The van der Waals surface area contributed by atoms with Crippen LogP contribution in [0.15, 0.2) is 24.3 Å². The molecule has 1 unspecified atom stereocenters. The van der Waals surface area contributed by atoms with Gasteiger partial charge in [-0.15, -0.1) is 0 Å². The zero-order valence-corrected chi connectivity index (χ0v) is 17.1. The van der Waals surface area contributed by atoms with Gasteiger partial charge in [0, 0.05) is 18.5 Å². The van der Waals surface area contributed by atoms with Crippen LogP contribution in [-0.4, -0.2) is 37.2 Å². The molecule has 0 radical (unpaired) electrons.